The van der Waals surface area contributed by atoms with Crippen LogP contribution in [0.15, 0.2) is 22.1 Å². The molecule has 0 aromatic carbocycles. The summed E-state index contributed by atoms with van der Waals surface area (Å²) >= 11 is 8.64. The third-order valence-electron chi connectivity index (χ3n) is 1.64. The molecule has 0 atom stereocenters. The zero-order valence-electron chi connectivity index (χ0n) is 6.05. The van der Waals surface area contributed by atoms with Crippen molar-refractivity contribution in [1.82, 2.24) is 4.98 Å². The van der Waals surface area contributed by atoms with Gasteiger partial charge in [-0.3, -0.25) is 4.98 Å². The molecular weight excluding hydrogens is 302 g/mol. The summed E-state index contributed by atoms with van der Waals surface area (Å²) in [6, 6.07) is 2.03. The first-order chi connectivity index (χ1) is 5.83. The lowest BCUT2D eigenvalue weighted by molar-refractivity contribution is 1.23. The van der Waals surface area contributed by atoms with E-state index in [1.807, 2.05) is 12.3 Å². The summed E-state index contributed by atoms with van der Waals surface area (Å²) in [5.74, 6) is 0. The van der Waals surface area contributed by atoms with Crippen LogP contribution in [0.5, 0.6) is 0 Å². The Morgan fingerprint density at radius 2 is 2.33 bits per heavy atom. The Hall–Kier alpha value is 0.0700. The van der Waals surface area contributed by atoms with Crippen molar-refractivity contribution in [3.05, 3.63) is 27.8 Å². The van der Waals surface area contributed by atoms with E-state index in [1.54, 1.807) is 11.3 Å². The number of rotatable bonds is 1. The monoisotopic (exact) mass is 305 g/mol. The van der Waals surface area contributed by atoms with Gasteiger partial charge in [0.2, 0.25) is 0 Å². The van der Waals surface area contributed by atoms with Gasteiger partial charge in [0.25, 0.3) is 0 Å². The first-order valence-corrected chi connectivity index (χ1v) is 6.19. The fraction of sp³-hybridized carbons (Fsp3) is 0.125. The Labute approximate surface area is 91.1 Å². The van der Waals surface area contributed by atoms with E-state index in [9.17, 15) is 0 Å². The van der Waals surface area contributed by atoms with Crippen molar-refractivity contribution < 1.29 is 0 Å². The number of aromatic nitrogens is 1. The Morgan fingerprint density at radius 1 is 1.50 bits per heavy atom. The summed E-state index contributed by atoms with van der Waals surface area (Å²) in [6.07, 6.45) is 1.84. The molecule has 2 heterocycles. The molecule has 12 heavy (non-hydrogen) atoms. The molecule has 0 saturated heterocycles. The van der Waals surface area contributed by atoms with Crippen molar-refractivity contribution in [3.8, 4) is 0 Å². The summed E-state index contributed by atoms with van der Waals surface area (Å²) in [6.45, 7) is 0. The topological polar surface area (TPSA) is 12.9 Å². The molecule has 0 aliphatic carbocycles. The maximum absolute atomic E-state index is 4.28. The largest absolute Gasteiger partial charge is 0.259 e. The zero-order chi connectivity index (χ0) is 8.55. The van der Waals surface area contributed by atoms with Gasteiger partial charge in [0.1, 0.15) is 0 Å². The minimum Gasteiger partial charge on any atom is -0.259 e. The van der Waals surface area contributed by atoms with Crippen LogP contribution in [0.3, 0.4) is 0 Å². The van der Waals surface area contributed by atoms with Crippen LogP contribution < -0.4 is 0 Å². The van der Waals surface area contributed by atoms with Crippen LogP contribution in [-0.4, -0.2) is 4.98 Å². The number of thiophene rings is 1. The SMILES string of the molecule is BrCc1nccc2c(Br)csc12. The van der Waals surface area contributed by atoms with Gasteiger partial charge in [-0.05, 0) is 22.0 Å². The van der Waals surface area contributed by atoms with Crippen LogP contribution in [0.1, 0.15) is 5.69 Å². The molecule has 62 valence electrons. The highest BCUT2D eigenvalue weighted by Crippen LogP contribution is 2.32. The molecule has 0 aliphatic heterocycles. The molecule has 0 fully saturated rings. The second-order valence-electron chi connectivity index (χ2n) is 2.35. The normalized spacial score (nSPS) is 10.8. The highest BCUT2D eigenvalue weighted by Gasteiger charge is 2.05. The Morgan fingerprint density at radius 3 is 3.08 bits per heavy atom. The van der Waals surface area contributed by atoms with Crippen LogP contribution in [0, 0.1) is 0 Å². The highest BCUT2D eigenvalue weighted by molar-refractivity contribution is 9.10. The van der Waals surface area contributed by atoms with Gasteiger partial charge in [0.15, 0.2) is 0 Å². The van der Waals surface area contributed by atoms with Crippen LogP contribution >= 0.6 is 43.2 Å². The molecule has 2 aromatic heterocycles. The predicted molar refractivity (Wildman–Crippen MR) is 60.0 cm³/mol. The lowest BCUT2D eigenvalue weighted by Gasteiger charge is -1.95. The van der Waals surface area contributed by atoms with E-state index >= 15 is 0 Å². The van der Waals surface area contributed by atoms with Gasteiger partial charge in [0, 0.05) is 26.8 Å². The van der Waals surface area contributed by atoms with Gasteiger partial charge in [-0.1, -0.05) is 15.9 Å². The summed E-state index contributed by atoms with van der Waals surface area (Å²) in [4.78, 5) is 4.28. The molecule has 0 amide bonds. The van der Waals surface area contributed by atoms with E-state index in [-0.39, 0.29) is 0 Å². The van der Waals surface area contributed by atoms with Crippen molar-refractivity contribution in [1.29, 1.82) is 0 Å². The second kappa shape index (κ2) is 3.44. The fourth-order valence-corrected chi connectivity index (χ4v) is 3.35. The first-order valence-electron chi connectivity index (χ1n) is 3.39. The van der Waals surface area contributed by atoms with E-state index in [1.165, 1.54) is 10.1 Å². The Bertz CT molecular complexity index is 410. The number of pyridine rings is 1. The lowest BCUT2D eigenvalue weighted by atomic mass is 10.3. The van der Waals surface area contributed by atoms with Gasteiger partial charge in [-0.25, -0.2) is 0 Å². The third kappa shape index (κ3) is 1.32. The summed E-state index contributed by atoms with van der Waals surface area (Å²) in [5.41, 5.74) is 1.11. The summed E-state index contributed by atoms with van der Waals surface area (Å²) in [5, 5.41) is 4.17. The standard InChI is InChI=1S/C8H5Br2NS/c9-3-7-8-5(1-2-11-7)6(10)4-12-8/h1-2,4H,3H2. The molecule has 0 N–H and O–H groups in total. The van der Waals surface area contributed by atoms with Crippen LogP contribution in [0.2, 0.25) is 0 Å². The van der Waals surface area contributed by atoms with E-state index in [0.29, 0.717) is 0 Å². The molecule has 0 unspecified atom stereocenters. The number of fused-ring (bicyclic) bond motifs is 1. The van der Waals surface area contributed by atoms with Crippen molar-refractivity contribution in [3.63, 3.8) is 0 Å². The van der Waals surface area contributed by atoms with Gasteiger partial charge >= 0.3 is 0 Å². The number of nitrogens with zero attached hydrogens (tertiary/aromatic N) is 1. The Balaban J connectivity index is 2.81. The minimum absolute atomic E-state index is 0.817. The van der Waals surface area contributed by atoms with Gasteiger partial charge in [0.05, 0.1) is 10.4 Å². The van der Waals surface area contributed by atoms with Crippen molar-refractivity contribution in [2.75, 3.05) is 0 Å². The zero-order valence-corrected chi connectivity index (χ0v) is 10.0. The molecule has 2 aromatic rings. The van der Waals surface area contributed by atoms with Crippen LogP contribution in [-0.2, 0) is 5.33 Å². The highest BCUT2D eigenvalue weighted by atomic mass is 79.9. The van der Waals surface area contributed by atoms with E-state index < -0.39 is 0 Å². The van der Waals surface area contributed by atoms with E-state index in [2.05, 4.69) is 42.2 Å². The lowest BCUT2D eigenvalue weighted by Crippen LogP contribution is -1.82. The van der Waals surface area contributed by atoms with E-state index in [0.717, 1.165) is 15.5 Å². The quantitative estimate of drug-likeness (QED) is 0.727. The Kier molecular flexibility index (Phi) is 2.48. The van der Waals surface area contributed by atoms with Gasteiger partial charge in [-0.2, -0.15) is 0 Å². The first kappa shape index (κ1) is 8.66. The molecule has 2 rings (SSSR count). The molecule has 0 aliphatic rings. The van der Waals surface area contributed by atoms with Crippen LogP contribution in [0.25, 0.3) is 10.1 Å². The predicted octanol–water partition coefficient (Wildman–Crippen LogP) is 3.95. The number of hydrogen-bond donors (Lipinski definition) is 0. The number of halogens is 2. The number of alkyl halides is 1. The maximum atomic E-state index is 4.28. The molecule has 0 radical (unpaired) electrons. The smallest absolute Gasteiger partial charge is 0.0687 e. The molecule has 4 heteroatoms. The minimum atomic E-state index is 0.817. The fourth-order valence-electron chi connectivity index (χ4n) is 1.08. The molecular formula is C8H5Br2NS. The summed E-state index contributed by atoms with van der Waals surface area (Å²) < 4.78 is 2.42. The number of hydrogen-bond acceptors (Lipinski definition) is 2. The van der Waals surface area contributed by atoms with Gasteiger partial charge in [-0.15, -0.1) is 11.3 Å². The average Bonchev–Trinajstić information content (AvgIpc) is 2.48. The average molecular weight is 307 g/mol. The van der Waals surface area contributed by atoms with Crippen LogP contribution in [0.4, 0.5) is 0 Å². The summed E-state index contributed by atoms with van der Waals surface area (Å²) in [7, 11) is 0. The van der Waals surface area contributed by atoms with Crippen molar-refractivity contribution in [2.45, 2.75) is 5.33 Å². The van der Waals surface area contributed by atoms with E-state index in [4.69, 9.17) is 0 Å². The molecule has 0 saturated carbocycles. The van der Waals surface area contributed by atoms with Crippen molar-refractivity contribution >= 4 is 53.3 Å². The maximum Gasteiger partial charge on any atom is 0.0687 e. The molecule has 0 bridgehead atoms. The molecule has 0 spiro atoms. The third-order valence-corrected chi connectivity index (χ3v) is 4.18. The molecule has 1 nitrogen and oxygen atoms in total. The van der Waals surface area contributed by atoms with Crippen molar-refractivity contribution in [2.24, 2.45) is 0 Å². The van der Waals surface area contributed by atoms with Gasteiger partial charge < -0.3 is 0 Å². The second-order valence-corrected chi connectivity index (χ2v) is 4.65.